The molecule has 1 aromatic heterocycles. The van der Waals surface area contributed by atoms with Gasteiger partial charge >= 0.3 is 0 Å². The Morgan fingerprint density at radius 1 is 1.09 bits per heavy atom. The Kier molecular flexibility index (Phi) is 5.70. The molecule has 0 saturated heterocycles. The first-order valence-electron chi connectivity index (χ1n) is 11.1. The van der Waals surface area contributed by atoms with Crippen molar-refractivity contribution in [3.05, 3.63) is 63.8 Å². The summed E-state index contributed by atoms with van der Waals surface area (Å²) in [5.74, 6) is 1.11. The van der Waals surface area contributed by atoms with Gasteiger partial charge in [-0.25, -0.2) is 4.99 Å². The molecule has 32 heavy (non-hydrogen) atoms. The van der Waals surface area contributed by atoms with E-state index < -0.39 is 0 Å². The molecule has 0 atom stereocenters. The average Bonchev–Trinajstić information content (AvgIpc) is 3.31. The molecule has 1 aliphatic carbocycles. The zero-order chi connectivity index (χ0) is 22.1. The van der Waals surface area contributed by atoms with E-state index in [-0.39, 0.29) is 6.04 Å². The monoisotopic (exact) mass is 445 g/mol. The van der Waals surface area contributed by atoms with Crippen LogP contribution in [0.1, 0.15) is 55.5 Å². The summed E-state index contributed by atoms with van der Waals surface area (Å²) in [5.41, 5.74) is 4.96. The Bertz CT molecular complexity index is 1260. The van der Waals surface area contributed by atoms with Crippen molar-refractivity contribution in [1.29, 1.82) is 0 Å². The lowest BCUT2D eigenvalue weighted by Gasteiger charge is -2.23. The van der Waals surface area contributed by atoms with Gasteiger partial charge in [-0.15, -0.1) is 0 Å². The highest BCUT2D eigenvalue weighted by atomic mass is 32.1. The summed E-state index contributed by atoms with van der Waals surface area (Å²) >= 11 is 1.53. The van der Waals surface area contributed by atoms with Gasteiger partial charge in [-0.3, -0.25) is 9.56 Å². The maximum absolute atomic E-state index is 11.3. The van der Waals surface area contributed by atoms with Gasteiger partial charge in [-0.05, 0) is 56.2 Å². The number of allylic oxidation sites excluding steroid dienone is 1. The van der Waals surface area contributed by atoms with Crippen LogP contribution < -0.4 is 9.54 Å². The summed E-state index contributed by atoms with van der Waals surface area (Å²) in [6.07, 6.45) is 7.83. The molecule has 0 bridgehead atoms. The molecule has 2 aliphatic rings. The van der Waals surface area contributed by atoms with Crippen LogP contribution in [0, 0.1) is 0 Å². The summed E-state index contributed by atoms with van der Waals surface area (Å²) in [5, 5.41) is 11.3. The third-order valence-electron chi connectivity index (χ3n) is 6.24. The SMILES string of the molecule is COc1ccc(N=c2sc(/C=C3/C(C)=Nc4ccccc43)c(O)n2C2CCCCC2)cc1. The van der Waals surface area contributed by atoms with E-state index in [1.807, 2.05) is 54.0 Å². The molecule has 1 fully saturated rings. The van der Waals surface area contributed by atoms with Crippen molar-refractivity contribution in [2.75, 3.05) is 7.11 Å². The Morgan fingerprint density at radius 3 is 2.59 bits per heavy atom. The number of fused-ring (bicyclic) bond motifs is 1. The molecule has 1 aliphatic heterocycles. The molecule has 0 amide bonds. The largest absolute Gasteiger partial charge is 0.497 e. The van der Waals surface area contributed by atoms with E-state index in [9.17, 15) is 5.11 Å². The number of rotatable bonds is 4. The summed E-state index contributed by atoms with van der Waals surface area (Å²) in [4.78, 5) is 11.3. The van der Waals surface area contributed by atoms with Crippen LogP contribution in [0.15, 0.2) is 58.5 Å². The van der Waals surface area contributed by atoms with Gasteiger partial charge in [0.05, 0.1) is 23.4 Å². The molecule has 0 radical (unpaired) electrons. The van der Waals surface area contributed by atoms with Crippen molar-refractivity contribution in [2.45, 2.75) is 45.1 Å². The van der Waals surface area contributed by atoms with Crippen LogP contribution in [0.25, 0.3) is 11.6 Å². The Balaban J connectivity index is 1.63. The minimum atomic E-state index is 0.273. The van der Waals surface area contributed by atoms with E-state index in [2.05, 4.69) is 12.1 Å². The van der Waals surface area contributed by atoms with Crippen molar-refractivity contribution in [3.63, 3.8) is 0 Å². The van der Waals surface area contributed by atoms with Crippen molar-refractivity contribution < 1.29 is 9.84 Å². The zero-order valence-electron chi connectivity index (χ0n) is 18.4. The smallest absolute Gasteiger partial charge is 0.211 e. The lowest BCUT2D eigenvalue weighted by Crippen LogP contribution is -2.22. The van der Waals surface area contributed by atoms with E-state index in [0.29, 0.717) is 5.88 Å². The van der Waals surface area contributed by atoms with Crippen molar-refractivity contribution in [1.82, 2.24) is 4.57 Å². The standard InChI is InChI=1S/C26H27N3O2S/c1-17-22(21-10-6-7-11-23(21)27-17)16-24-25(30)29(19-8-4-3-5-9-19)26(32-24)28-18-12-14-20(31-2)15-13-18/h6-7,10-16,19,30H,3-5,8-9H2,1-2H3/b22-16-,28-26?. The lowest BCUT2D eigenvalue weighted by molar-refractivity contribution is 0.307. The molecular weight excluding hydrogens is 418 g/mol. The van der Waals surface area contributed by atoms with Gasteiger partial charge < -0.3 is 9.84 Å². The van der Waals surface area contributed by atoms with Crippen LogP contribution in [-0.2, 0) is 0 Å². The average molecular weight is 446 g/mol. The summed E-state index contributed by atoms with van der Waals surface area (Å²) in [6.45, 7) is 2.02. The van der Waals surface area contributed by atoms with Gasteiger partial charge in [0.25, 0.3) is 0 Å². The number of aliphatic imine (C=N–C) groups is 1. The van der Waals surface area contributed by atoms with E-state index in [1.165, 1.54) is 30.6 Å². The summed E-state index contributed by atoms with van der Waals surface area (Å²) in [7, 11) is 1.66. The minimum absolute atomic E-state index is 0.273. The van der Waals surface area contributed by atoms with E-state index in [1.54, 1.807) is 7.11 Å². The molecule has 2 heterocycles. The molecule has 164 valence electrons. The predicted octanol–water partition coefficient (Wildman–Crippen LogP) is 6.65. The number of benzene rings is 2. The lowest BCUT2D eigenvalue weighted by atomic mass is 9.95. The highest BCUT2D eigenvalue weighted by Crippen LogP contribution is 2.39. The van der Waals surface area contributed by atoms with E-state index in [0.717, 1.165) is 56.5 Å². The second kappa shape index (κ2) is 8.79. The third-order valence-corrected chi connectivity index (χ3v) is 7.23. The summed E-state index contributed by atoms with van der Waals surface area (Å²) in [6, 6.07) is 16.1. The number of hydrogen-bond donors (Lipinski definition) is 1. The van der Waals surface area contributed by atoms with Crippen molar-refractivity contribution in [3.8, 4) is 11.6 Å². The van der Waals surface area contributed by atoms with Gasteiger partial charge in [0.2, 0.25) is 5.88 Å². The fraction of sp³-hybridized carbons (Fsp3) is 0.308. The molecule has 1 saturated carbocycles. The quantitative estimate of drug-likeness (QED) is 0.489. The Morgan fingerprint density at radius 2 is 1.84 bits per heavy atom. The first kappa shape index (κ1) is 20.8. The highest BCUT2D eigenvalue weighted by Gasteiger charge is 2.24. The molecule has 5 rings (SSSR count). The number of thiazole rings is 1. The third kappa shape index (κ3) is 3.91. The number of methoxy groups -OCH3 is 1. The number of ether oxygens (including phenoxy) is 1. The maximum Gasteiger partial charge on any atom is 0.211 e. The number of aromatic nitrogens is 1. The van der Waals surface area contributed by atoms with Crippen molar-refractivity contribution in [2.24, 2.45) is 9.98 Å². The van der Waals surface area contributed by atoms with Gasteiger partial charge in [-0.1, -0.05) is 48.8 Å². The zero-order valence-corrected chi connectivity index (χ0v) is 19.2. The predicted molar refractivity (Wildman–Crippen MR) is 131 cm³/mol. The van der Waals surface area contributed by atoms with Crippen LogP contribution in [0.4, 0.5) is 11.4 Å². The molecule has 1 N–H and O–H groups in total. The van der Waals surface area contributed by atoms with Crippen LogP contribution in [0.3, 0.4) is 0 Å². The van der Waals surface area contributed by atoms with E-state index in [4.69, 9.17) is 14.7 Å². The normalized spacial score (nSPS) is 18.1. The molecule has 0 spiro atoms. The van der Waals surface area contributed by atoms with Crippen LogP contribution >= 0.6 is 11.3 Å². The topological polar surface area (TPSA) is 59.1 Å². The summed E-state index contributed by atoms with van der Waals surface area (Å²) < 4.78 is 7.32. The molecule has 3 aromatic rings. The van der Waals surface area contributed by atoms with Crippen molar-refractivity contribution >= 4 is 40.1 Å². The number of nitrogens with zero attached hydrogens (tertiary/aromatic N) is 3. The first-order valence-corrected chi connectivity index (χ1v) is 12.0. The molecule has 2 aromatic carbocycles. The van der Waals surface area contributed by atoms with Gasteiger partial charge in [0.15, 0.2) is 4.80 Å². The van der Waals surface area contributed by atoms with E-state index >= 15 is 0 Å². The molecular formula is C26H27N3O2S. The van der Waals surface area contributed by atoms with Gasteiger partial charge in [-0.2, -0.15) is 0 Å². The number of para-hydroxylation sites is 1. The fourth-order valence-corrected chi connectivity index (χ4v) is 5.60. The highest BCUT2D eigenvalue weighted by molar-refractivity contribution is 7.10. The number of hydrogen-bond acceptors (Lipinski definition) is 5. The Labute approximate surface area is 192 Å². The second-order valence-electron chi connectivity index (χ2n) is 8.32. The minimum Gasteiger partial charge on any atom is -0.497 e. The Hall–Kier alpha value is -3.12. The molecule has 5 nitrogen and oxygen atoms in total. The van der Waals surface area contributed by atoms with Gasteiger partial charge in [0.1, 0.15) is 5.75 Å². The number of aromatic hydroxyl groups is 1. The first-order chi connectivity index (χ1) is 15.6. The fourth-order valence-electron chi connectivity index (χ4n) is 4.56. The second-order valence-corrected chi connectivity index (χ2v) is 9.33. The van der Waals surface area contributed by atoms with Crippen LogP contribution in [-0.4, -0.2) is 22.5 Å². The molecule has 6 heteroatoms. The maximum atomic E-state index is 11.3. The van der Waals surface area contributed by atoms with Gasteiger partial charge in [0, 0.05) is 22.9 Å². The van der Waals surface area contributed by atoms with Crippen LogP contribution in [0.2, 0.25) is 0 Å². The van der Waals surface area contributed by atoms with Crippen LogP contribution in [0.5, 0.6) is 11.6 Å². The molecule has 0 unspecified atom stereocenters.